The number of hydrogen-bond acceptors (Lipinski definition) is 2. The molecule has 0 aromatic rings. The van der Waals surface area contributed by atoms with Crippen LogP contribution in [-0.2, 0) is 9.59 Å². The fraction of sp³-hybridized carbons (Fsp3) is 0.833. The molecule has 4 nitrogen and oxygen atoms in total. The summed E-state index contributed by atoms with van der Waals surface area (Å²) in [5.41, 5.74) is -0.744. The molecule has 16 heavy (non-hydrogen) atoms. The van der Waals surface area contributed by atoms with Crippen LogP contribution in [0.15, 0.2) is 0 Å². The zero-order valence-corrected chi connectivity index (χ0v) is 10.8. The van der Waals surface area contributed by atoms with Crippen LogP contribution < -0.4 is 5.32 Å². The summed E-state index contributed by atoms with van der Waals surface area (Å²) in [7, 11) is 0. The number of hydrogen-bond donors (Lipinski definition) is 1. The van der Waals surface area contributed by atoms with Crippen molar-refractivity contribution in [3.05, 3.63) is 0 Å². The van der Waals surface area contributed by atoms with E-state index in [0.717, 1.165) is 0 Å². The Kier molecular flexibility index (Phi) is 3.61. The monoisotopic (exact) mass is 226 g/mol. The van der Waals surface area contributed by atoms with Gasteiger partial charge in [-0.15, -0.1) is 0 Å². The number of carbonyl (C=O) groups excluding carboxylic acids is 2. The topological polar surface area (TPSA) is 49.4 Å². The van der Waals surface area contributed by atoms with E-state index in [1.807, 2.05) is 32.6 Å². The maximum Gasteiger partial charge on any atom is 0.248 e. The van der Waals surface area contributed by atoms with Gasteiger partial charge in [0.1, 0.15) is 5.54 Å². The number of rotatable bonds is 2. The Bertz CT molecular complexity index is 301. The van der Waals surface area contributed by atoms with Gasteiger partial charge < -0.3 is 10.2 Å². The van der Waals surface area contributed by atoms with E-state index in [1.165, 1.54) is 0 Å². The van der Waals surface area contributed by atoms with E-state index in [1.54, 1.807) is 6.92 Å². The lowest BCUT2D eigenvalue weighted by Gasteiger charge is -2.36. The summed E-state index contributed by atoms with van der Waals surface area (Å²) in [4.78, 5) is 25.9. The molecule has 0 aliphatic carbocycles. The highest BCUT2D eigenvalue weighted by Gasteiger charge is 2.42. The number of carbonyl (C=O) groups is 2. The van der Waals surface area contributed by atoms with Crippen LogP contribution in [0.2, 0.25) is 0 Å². The Balaban J connectivity index is 3.10. The molecule has 2 unspecified atom stereocenters. The molecule has 1 heterocycles. The maximum atomic E-state index is 12.4. The molecule has 1 aliphatic rings. The summed E-state index contributed by atoms with van der Waals surface area (Å²) in [6, 6.07) is 0.0990. The van der Waals surface area contributed by atoms with E-state index in [4.69, 9.17) is 0 Å². The highest BCUT2D eigenvalue weighted by Crippen LogP contribution is 2.22. The Morgan fingerprint density at radius 2 is 2.06 bits per heavy atom. The van der Waals surface area contributed by atoms with E-state index < -0.39 is 5.54 Å². The third-order valence-electron chi connectivity index (χ3n) is 3.34. The van der Waals surface area contributed by atoms with Crippen molar-refractivity contribution in [2.75, 3.05) is 0 Å². The van der Waals surface area contributed by atoms with Gasteiger partial charge in [0.2, 0.25) is 11.8 Å². The minimum absolute atomic E-state index is 0.0270. The predicted molar refractivity (Wildman–Crippen MR) is 62.9 cm³/mol. The maximum absolute atomic E-state index is 12.4. The van der Waals surface area contributed by atoms with Gasteiger partial charge in [-0.05, 0) is 34.1 Å². The lowest BCUT2D eigenvalue weighted by atomic mass is 9.96. The van der Waals surface area contributed by atoms with Crippen molar-refractivity contribution in [1.82, 2.24) is 10.2 Å². The van der Waals surface area contributed by atoms with Crippen LogP contribution in [0.5, 0.6) is 0 Å². The van der Waals surface area contributed by atoms with Crippen molar-refractivity contribution in [2.24, 2.45) is 0 Å². The Labute approximate surface area is 97.4 Å². The van der Waals surface area contributed by atoms with Gasteiger partial charge in [0.25, 0.3) is 0 Å². The van der Waals surface area contributed by atoms with Crippen molar-refractivity contribution in [1.29, 1.82) is 0 Å². The standard InChI is InChI=1S/C12H22N2O2/c1-6-12(5)11(16)14(8(2)3)9(4)7-10(15)13-12/h8-9H,6-7H2,1-5H3,(H,13,15). The molecule has 92 valence electrons. The second kappa shape index (κ2) is 4.44. The normalized spacial score (nSPS) is 31.6. The van der Waals surface area contributed by atoms with Gasteiger partial charge in [0.15, 0.2) is 0 Å². The van der Waals surface area contributed by atoms with Crippen molar-refractivity contribution in [3.63, 3.8) is 0 Å². The van der Waals surface area contributed by atoms with Crippen LogP contribution in [0.25, 0.3) is 0 Å². The first-order valence-corrected chi connectivity index (χ1v) is 5.95. The van der Waals surface area contributed by atoms with Crippen LogP contribution in [0.3, 0.4) is 0 Å². The zero-order valence-electron chi connectivity index (χ0n) is 10.8. The van der Waals surface area contributed by atoms with Gasteiger partial charge in [-0.25, -0.2) is 0 Å². The van der Waals surface area contributed by atoms with Crippen LogP contribution >= 0.6 is 0 Å². The van der Waals surface area contributed by atoms with E-state index >= 15 is 0 Å². The first-order valence-electron chi connectivity index (χ1n) is 5.95. The molecule has 0 aromatic heterocycles. The van der Waals surface area contributed by atoms with Crippen LogP contribution in [0, 0.1) is 0 Å². The molecular formula is C12H22N2O2. The highest BCUT2D eigenvalue weighted by molar-refractivity contribution is 5.93. The molecule has 0 bridgehead atoms. The SMILES string of the molecule is CCC1(C)NC(=O)CC(C)N(C(C)C)C1=O. The number of nitrogens with zero attached hydrogens (tertiary/aromatic N) is 1. The molecule has 1 fully saturated rings. The number of nitrogens with one attached hydrogen (secondary N) is 1. The first kappa shape index (κ1) is 13.0. The van der Waals surface area contributed by atoms with Crippen LogP contribution in [-0.4, -0.2) is 34.3 Å². The summed E-state index contributed by atoms with van der Waals surface area (Å²) in [6.45, 7) is 9.63. The highest BCUT2D eigenvalue weighted by atomic mass is 16.2. The largest absolute Gasteiger partial charge is 0.342 e. The smallest absolute Gasteiger partial charge is 0.248 e. The fourth-order valence-corrected chi connectivity index (χ4v) is 2.25. The van der Waals surface area contributed by atoms with Crippen molar-refractivity contribution in [3.8, 4) is 0 Å². The van der Waals surface area contributed by atoms with Crippen molar-refractivity contribution in [2.45, 2.75) is 65.1 Å². The first-order chi connectivity index (χ1) is 7.31. The average molecular weight is 226 g/mol. The Hall–Kier alpha value is -1.06. The summed E-state index contributed by atoms with van der Waals surface area (Å²) >= 11 is 0. The third kappa shape index (κ3) is 2.20. The molecule has 0 radical (unpaired) electrons. The lowest BCUT2D eigenvalue weighted by molar-refractivity contribution is -0.141. The molecular weight excluding hydrogens is 204 g/mol. The summed E-state index contributed by atoms with van der Waals surface area (Å²) in [6.07, 6.45) is 1.01. The van der Waals surface area contributed by atoms with E-state index in [9.17, 15) is 9.59 Å². The van der Waals surface area contributed by atoms with Gasteiger partial charge in [-0.2, -0.15) is 0 Å². The fourth-order valence-electron chi connectivity index (χ4n) is 2.25. The Morgan fingerprint density at radius 3 is 2.50 bits per heavy atom. The molecule has 0 saturated carbocycles. The van der Waals surface area contributed by atoms with Gasteiger partial charge >= 0.3 is 0 Å². The molecule has 0 spiro atoms. The quantitative estimate of drug-likeness (QED) is 0.771. The van der Waals surface area contributed by atoms with E-state index in [2.05, 4.69) is 5.32 Å². The summed E-state index contributed by atoms with van der Waals surface area (Å²) < 4.78 is 0. The summed E-state index contributed by atoms with van der Waals surface area (Å²) in [5, 5.41) is 2.84. The molecule has 4 heteroatoms. The molecule has 1 aliphatic heterocycles. The van der Waals surface area contributed by atoms with Gasteiger partial charge in [-0.3, -0.25) is 9.59 Å². The van der Waals surface area contributed by atoms with Gasteiger partial charge in [0, 0.05) is 18.5 Å². The molecule has 1 rings (SSSR count). The van der Waals surface area contributed by atoms with Crippen molar-refractivity contribution >= 4 is 11.8 Å². The second-order valence-electron chi connectivity index (χ2n) is 5.09. The molecule has 0 aromatic carbocycles. The molecule has 2 amide bonds. The third-order valence-corrected chi connectivity index (χ3v) is 3.34. The predicted octanol–water partition coefficient (Wildman–Crippen LogP) is 1.30. The van der Waals surface area contributed by atoms with E-state index in [0.29, 0.717) is 12.8 Å². The van der Waals surface area contributed by atoms with Gasteiger partial charge in [0.05, 0.1) is 0 Å². The molecule has 1 N–H and O–H groups in total. The van der Waals surface area contributed by atoms with Crippen LogP contribution in [0.1, 0.15) is 47.5 Å². The second-order valence-corrected chi connectivity index (χ2v) is 5.09. The lowest BCUT2D eigenvalue weighted by Crippen LogP contribution is -2.56. The molecule has 1 saturated heterocycles. The van der Waals surface area contributed by atoms with Crippen LogP contribution in [0.4, 0.5) is 0 Å². The zero-order chi connectivity index (χ0) is 12.5. The minimum atomic E-state index is -0.744. The van der Waals surface area contributed by atoms with Gasteiger partial charge in [-0.1, -0.05) is 6.92 Å². The minimum Gasteiger partial charge on any atom is -0.342 e. The number of amides is 2. The van der Waals surface area contributed by atoms with E-state index in [-0.39, 0.29) is 23.9 Å². The molecule has 2 atom stereocenters. The Morgan fingerprint density at radius 1 is 1.50 bits per heavy atom. The van der Waals surface area contributed by atoms with Crippen molar-refractivity contribution < 1.29 is 9.59 Å². The summed E-state index contributed by atoms with van der Waals surface area (Å²) in [5.74, 6) is -0.00306. The average Bonchev–Trinajstić information content (AvgIpc) is 2.23.